The lowest BCUT2D eigenvalue weighted by atomic mass is 9.94. The Hall–Kier alpha value is -0.420. The minimum absolute atomic E-state index is 0.0275. The van der Waals surface area contributed by atoms with Crippen LogP contribution < -0.4 is 10.6 Å². The van der Waals surface area contributed by atoms with Gasteiger partial charge in [0.15, 0.2) is 0 Å². The topological polar surface area (TPSA) is 61.4 Å². The van der Waals surface area contributed by atoms with Crippen LogP contribution in [0.25, 0.3) is 0 Å². The molecular weight excluding hydrogens is 260 g/mol. The normalized spacial score (nSPS) is 19.9. The van der Waals surface area contributed by atoms with Crippen molar-refractivity contribution < 1.29 is 9.90 Å². The van der Waals surface area contributed by atoms with E-state index in [1.807, 2.05) is 13.2 Å². The number of hydrogen-bond acceptors (Lipinski definition) is 3. The number of thioether (sulfide) groups is 1. The monoisotopic (exact) mass is 288 g/mol. The van der Waals surface area contributed by atoms with Crippen LogP contribution in [0.3, 0.4) is 0 Å². The molecule has 1 saturated carbocycles. The third-order valence-electron chi connectivity index (χ3n) is 3.82. The predicted octanol–water partition coefficient (Wildman–Crippen LogP) is 2.22. The van der Waals surface area contributed by atoms with Gasteiger partial charge in [-0.15, -0.1) is 0 Å². The van der Waals surface area contributed by atoms with Gasteiger partial charge in [-0.05, 0) is 43.8 Å². The number of rotatable bonds is 8. The zero-order chi connectivity index (χ0) is 14.5. The van der Waals surface area contributed by atoms with Gasteiger partial charge < -0.3 is 15.7 Å². The molecule has 1 aliphatic carbocycles. The molecule has 112 valence electrons. The fourth-order valence-electron chi connectivity index (χ4n) is 2.55. The van der Waals surface area contributed by atoms with Crippen LogP contribution in [0.1, 0.15) is 40.0 Å². The van der Waals surface area contributed by atoms with Crippen LogP contribution in [0.4, 0.5) is 4.79 Å². The number of carbonyl (C=O) groups is 1. The highest BCUT2D eigenvalue weighted by Crippen LogP contribution is 2.49. The Morgan fingerprint density at radius 3 is 2.42 bits per heavy atom. The summed E-state index contributed by atoms with van der Waals surface area (Å²) >= 11 is 1.57. The molecular formula is C14H28N2O2S. The summed E-state index contributed by atoms with van der Waals surface area (Å²) < 4.78 is 0. The molecule has 0 aromatic rings. The Morgan fingerprint density at radius 1 is 1.37 bits per heavy atom. The maximum atomic E-state index is 11.8. The number of carbonyl (C=O) groups excluding carboxylic acids is 1. The van der Waals surface area contributed by atoms with Crippen LogP contribution in [0.15, 0.2) is 0 Å². The Labute approximate surface area is 121 Å². The first-order chi connectivity index (χ1) is 8.92. The second kappa shape index (κ2) is 7.39. The molecule has 19 heavy (non-hydrogen) atoms. The summed E-state index contributed by atoms with van der Waals surface area (Å²) in [5.74, 6) is 0.682. The maximum absolute atomic E-state index is 11.8. The van der Waals surface area contributed by atoms with Crippen molar-refractivity contribution in [2.24, 2.45) is 11.3 Å². The minimum atomic E-state index is -0.116. The van der Waals surface area contributed by atoms with Gasteiger partial charge in [-0.25, -0.2) is 4.79 Å². The number of amides is 2. The molecule has 5 heteroatoms. The lowest BCUT2D eigenvalue weighted by Crippen LogP contribution is -2.47. The maximum Gasteiger partial charge on any atom is 0.315 e. The Balaban J connectivity index is 2.28. The second-order valence-electron chi connectivity index (χ2n) is 6.17. The molecule has 0 saturated heterocycles. The zero-order valence-electron chi connectivity index (χ0n) is 12.5. The fourth-order valence-corrected chi connectivity index (χ4v) is 3.18. The molecule has 1 aliphatic rings. The van der Waals surface area contributed by atoms with Crippen molar-refractivity contribution >= 4 is 17.8 Å². The van der Waals surface area contributed by atoms with Crippen LogP contribution in [-0.2, 0) is 0 Å². The first kappa shape index (κ1) is 16.6. The molecule has 3 N–H and O–H groups in total. The summed E-state index contributed by atoms with van der Waals surface area (Å²) in [7, 11) is 0. The highest BCUT2D eigenvalue weighted by molar-refractivity contribution is 7.99. The van der Waals surface area contributed by atoms with E-state index in [0.29, 0.717) is 11.3 Å². The van der Waals surface area contributed by atoms with Gasteiger partial charge in [0, 0.05) is 17.8 Å². The third-order valence-corrected chi connectivity index (χ3v) is 4.98. The average molecular weight is 288 g/mol. The van der Waals surface area contributed by atoms with E-state index in [9.17, 15) is 9.90 Å². The molecule has 1 rings (SSSR count). The summed E-state index contributed by atoms with van der Waals surface area (Å²) in [6.07, 6.45) is 5.59. The molecule has 2 amide bonds. The molecule has 0 bridgehead atoms. The Bertz CT molecular complexity index is 289. The van der Waals surface area contributed by atoms with Crippen molar-refractivity contribution in [2.45, 2.75) is 51.3 Å². The lowest BCUT2D eigenvalue weighted by Gasteiger charge is -2.23. The third kappa shape index (κ3) is 5.61. The number of urea groups is 1. The molecule has 0 spiro atoms. The first-order valence-electron chi connectivity index (χ1n) is 7.10. The van der Waals surface area contributed by atoms with Crippen LogP contribution in [0.2, 0.25) is 0 Å². The number of aliphatic hydroxyl groups is 1. The van der Waals surface area contributed by atoms with Gasteiger partial charge in [-0.2, -0.15) is 11.8 Å². The highest BCUT2D eigenvalue weighted by atomic mass is 32.2. The van der Waals surface area contributed by atoms with Gasteiger partial charge in [0.25, 0.3) is 0 Å². The van der Waals surface area contributed by atoms with E-state index < -0.39 is 0 Å². The zero-order valence-corrected chi connectivity index (χ0v) is 13.3. The summed E-state index contributed by atoms with van der Waals surface area (Å²) in [6, 6.07) is -0.143. The molecule has 0 heterocycles. The quantitative estimate of drug-likeness (QED) is 0.642. The van der Waals surface area contributed by atoms with Crippen molar-refractivity contribution in [1.82, 2.24) is 10.6 Å². The van der Waals surface area contributed by atoms with E-state index in [1.54, 1.807) is 11.8 Å². The Morgan fingerprint density at radius 2 is 2.00 bits per heavy atom. The van der Waals surface area contributed by atoms with Gasteiger partial charge in [0.2, 0.25) is 0 Å². The molecule has 2 unspecified atom stereocenters. The number of nitrogens with one attached hydrogen (secondary N) is 2. The number of hydrogen-bond donors (Lipinski definition) is 3. The van der Waals surface area contributed by atoms with Gasteiger partial charge in [-0.3, -0.25) is 0 Å². The largest absolute Gasteiger partial charge is 0.395 e. The van der Waals surface area contributed by atoms with Crippen molar-refractivity contribution in [3.05, 3.63) is 0 Å². The summed E-state index contributed by atoms with van der Waals surface area (Å²) in [5, 5.41) is 15.1. The van der Waals surface area contributed by atoms with Gasteiger partial charge in [-0.1, -0.05) is 13.8 Å². The predicted molar refractivity (Wildman–Crippen MR) is 81.5 cm³/mol. The lowest BCUT2D eigenvalue weighted by molar-refractivity contribution is 0.228. The highest BCUT2D eigenvalue weighted by Gasteiger charge is 2.42. The minimum Gasteiger partial charge on any atom is -0.395 e. The molecule has 0 radical (unpaired) electrons. The van der Waals surface area contributed by atoms with E-state index in [-0.39, 0.29) is 23.9 Å². The Kier molecular flexibility index (Phi) is 6.47. The van der Waals surface area contributed by atoms with Crippen molar-refractivity contribution in [3.63, 3.8) is 0 Å². The van der Waals surface area contributed by atoms with Gasteiger partial charge in [0.1, 0.15) is 0 Å². The summed E-state index contributed by atoms with van der Waals surface area (Å²) in [6.45, 7) is 7.24. The van der Waals surface area contributed by atoms with E-state index in [1.165, 1.54) is 19.3 Å². The van der Waals surface area contributed by atoms with Crippen LogP contribution >= 0.6 is 11.8 Å². The average Bonchev–Trinajstić information content (AvgIpc) is 3.07. The van der Waals surface area contributed by atoms with Crippen molar-refractivity contribution in [3.8, 4) is 0 Å². The van der Waals surface area contributed by atoms with Gasteiger partial charge in [0.05, 0.1) is 6.61 Å². The van der Waals surface area contributed by atoms with E-state index >= 15 is 0 Å². The second-order valence-corrected chi connectivity index (χ2v) is 7.25. The fraction of sp³-hybridized carbons (Fsp3) is 0.929. The molecule has 0 aromatic carbocycles. The molecule has 1 fully saturated rings. The standard InChI is InChI=1S/C14H28N2O2S/c1-10(2)7-14(5-6-14)9-15-13(18)16-11(3)12(8-17)19-4/h10-12,17H,5-9H2,1-4H3,(H2,15,16,18). The van der Waals surface area contributed by atoms with Crippen molar-refractivity contribution in [1.29, 1.82) is 0 Å². The number of aliphatic hydroxyl groups excluding tert-OH is 1. The van der Waals surface area contributed by atoms with Crippen molar-refractivity contribution in [2.75, 3.05) is 19.4 Å². The molecule has 0 aliphatic heterocycles. The molecule has 4 nitrogen and oxygen atoms in total. The smallest absolute Gasteiger partial charge is 0.315 e. The van der Waals surface area contributed by atoms with E-state index in [2.05, 4.69) is 24.5 Å². The van der Waals surface area contributed by atoms with E-state index in [4.69, 9.17) is 0 Å². The molecule has 0 aromatic heterocycles. The van der Waals surface area contributed by atoms with Crippen LogP contribution in [0.5, 0.6) is 0 Å². The summed E-state index contributed by atoms with van der Waals surface area (Å²) in [5.41, 5.74) is 0.352. The first-order valence-corrected chi connectivity index (χ1v) is 8.39. The van der Waals surface area contributed by atoms with Crippen LogP contribution in [0, 0.1) is 11.3 Å². The molecule has 2 atom stereocenters. The van der Waals surface area contributed by atoms with E-state index in [0.717, 1.165) is 6.54 Å². The summed E-state index contributed by atoms with van der Waals surface area (Å²) in [4.78, 5) is 11.8. The van der Waals surface area contributed by atoms with Gasteiger partial charge >= 0.3 is 6.03 Å². The van der Waals surface area contributed by atoms with Crippen LogP contribution in [-0.4, -0.2) is 41.8 Å². The SMILES string of the molecule is CSC(CO)C(C)NC(=O)NCC1(CC(C)C)CC1.